The summed E-state index contributed by atoms with van der Waals surface area (Å²) in [5.74, 6) is -1.26. The van der Waals surface area contributed by atoms with Crippen LogP contribution in [-0.4, -0.2) is 30.5 Å². The molecule has 2 amide bonds. The van der Waals surface area contributed by atoms with E-state index in [9.17, 15) is 14.4 Å². The molecule has 0 saturated carbocycles. The van der Waals surface area contributed by atoms with Gasteiger partial charge < -0.3 is 10.1 Å². The summed E-state index contributed by atoms with van der Waals surface area (Å²) >= 11 is 12.5. The van der Waals surface area contributed by atoms with Gasteiger partial charge in [-0.25, -0.2) is 10.2 Å². The van der Waals surface area contributed by atoms with Crippen LogP contribution in [0.4, 0.5) is 0 Å². The number of halogens is 3. The summed E-state index contributed by atoms with van der Waals surface area (Å²) in [6.07, 6.45) is 1.34. The van der Waals surface area contributed by atoms with Crippen molar-refractivity contribution in [1.82, 2.24) is 10.7 Å². The molecule has 0 unspecified atom stereocenters. The van der Waals surface area contributed by atoms with Gasteiger partial charge in [0.25, 0.3) is 11.8 Å². The van der Waals surface area contributed by atoms with Crippen LogP contribution in [0.15, 0.2) is 80.8 Å². The van der Waals surface area contributed by atoms with E-state index in [1.165, 1.54) is 6.21 Å². The number of hydrazone groups is 1. The minimum atomic E-state index is -0.540. The highest BCUT2D eigenvalue weighted by Gasteiger charge is 2.15. The number of hydrogen-bond acceptors (Lipinski definition) is 5. The van der Waals surface area contributed by atoms with Gasteiger partial charge in [0, 0.05) is 20.6 Å². The first-order chi connectivity index (χ1) is 15.8. The molecule has 0 saturated heterocycles. The summed E-state index contributed by atoms with van der Waals surface area (Å²) in [6, 6.07) is 18.2. The molecule has 0 spiro atoms. The van der Waals surface area contributed by atoms with Crippen LogP contribution in [0.3, 0.4) is 0 Å². The Kier molecular flexibility index (Phi) is 8.76. The molecule has 0 radical (unpaired) electrons. The molecule has 0 fully saturated rings. The number of esters is 1. The van der Waals surface area contributed by atoms with Crippen molar-refractivity contribution in [2.45, 2.75) is 0 Å². The van der Waals surface area contributed by atoms with Gasteiger partial charge in [-0.05, 0) is 64.5 Å². The molecule has 3 rings (SSSR count). The van der Waals surface area contributed by atoms with E-state index in [4.69, 9.17) is 16.3 Å². The first-order valence-corrected chi connectivity index (χ1v) is 11.4. The van der Waals surface area contributed by atoms with E-state index in [1.807, 2.05) is 0 Å². The van der Waals surface area contributed by atoms with Gasteiger partial charge >= 0.3 is 5.97 Å². The lowest BCUT2D eigenvalue weighted by molar-refractivity contribution is -0.120. The number of nitrogens with one attached hydrogen (secondary N) is 2. The van der Waals surface area contributed by atoms with Crippen molar-refractivity contribution in [3.63, 3.8) is 0 Å². The molecule has 0 atom stereocenters. The molecule has 10 heteroatoms. The second-order valence-electron chi connectivity index (χ2n) is 6.54. The predicted molar refractivity (Wildman–Crippen MR) is 133 cm³/mol. The number of amides is 2. The Balaban J connectivity index is 1.63. The second kappa shape index (κ2) is 11.7. The van der Waals surface area contributed by atoms with Crippen LogP contribution >= 0.6 is 43.5 Å². The maximum absolute atomic E-state index is 12.5. The molecule has 0 aliphatic carbocycles. The Morgan fingerprint density at radius 3 is 2.36 bits per heavy atom. The molecule has 33 heavy (non-hydrogen) atoms. The van der Waals surface area contributed by atoms with E-state index in [1.54, 1.807) is 66.7 Å². The Bertz CT molecular complexity index is 1200. The van der Waals surface area contributed by atoms with Crippen LogP contribution in [0.2, 0.25) is 5.02 Å². The molecule has 3 aromatic carbocycles. The maximum atomic E-state index is 12.5. The monoisotopic (exact) mass is 591 g/mol. The zero-order chi connectivity index (χ0) is 23.8. The van der Waals surface area contributed by atoms with Crippen LogP contribution in [0, 0.1) is 0 Å². The number of rotatable bonds is 7. The summed E-state index contributed by atoms with van der Waals surface area (Å²) in [6.45, 7) is -0.281. The average Bonchev–Trinajstić information content (AvgIpc) is 2.80. The van der Waals surface area contributed by atoms with Gasteiger partial charge in [-0.2, -0.15) is 5.10 Å². The zero-order valence-electron chi connectivity index (χ0n) is 16.8. The maximum Gasteiger partial charge on any atom is 0.343 e. The fraction of sp³-hybridized carbons (Fsp3) is 0.0435. The fourth-order valence-electron chi connectivity index (χ4n) is 2.59. The zero-order valence-corrected chi connectivity index (χ0v) is 20.8. The molecule has 3 aromatic rings. The van der Waals surface area contributed by atoms with E-state index < -0.39 is 17.8 Å². The van der Waals surface area contributed by atoms with Crippen LogP contribution in [0.25, 0.3) is 0 Å². The summed E-state index contributed by atoms with van der Waals surface area (Å²) in [5, 5.41) is 6.90. The molecule has 168 valence electrons. The Morgan fingerprint density at radius 1 is 0.970 bits per heavy atom. The highest BCUT2D eigenvalue weighted by Crippen LogP contribution is 2.32. The molecule has 0 aliphatic rings. The fourth-order valence-corrected chi connectivity index (χ4v) is 4.05. The normalized spacial score (nSPS) is 10.6. The standard InChI is InChI=1S/C23H16Br2ClN3O4/c24-17-10-16(21(19(25)11-17)33-23(32)15-4-2-1-3-5-15)12-28-29-20(30)13-27-22(31)14-6-8-18(26)9-7-14/h1-12H,13H2,(H,27,31)(H,29,30)/b28-12+. The third-order valence-corrected chi connectivity index (χ3v) is 5.45. The van der Waals surface area contributed by atoms with E-state index in [0.717, 1.165) is 0 Å². The van der Waals surface area contributed by atoms with Crippen molar-refractivity contribution in [3.8, 4) is 5.75 Å². The van der Waals surface area contributed by atoms with Gasteiger partial charge in [0.05, 0.1) is 22.8 Å². The smallest absolute Gasteiger partial charge is 0.343 e. The Morgan fingerprint density at radius 2 is 1.67 bits per heavy atom. The number of carbonyl (C=O) groups is 3. The first-order valence-electron chi connectivity index (χ1n) is 9.45. The molecular formula is C23H16Br2ClN3O4. The number of carbonyl (C=O) groups excluding carboxylic acids is 3. The Labute approximate surface area is 211 Å². The van der Waals surface area contributed by atoms with Crippen molar-refractivity contribution in [2.24, 2.45) is 5.10 Å². The molecule has 0 heterocycles. The molecule has 7 nitrogen and oxygen atoms in total. The van der Waals surface area contributed by atoms with Gasteiger partial charge in [0.2, 0.25) is 0 Å². The first kappa shape index (κ1) is 24.6. The van der Waals surface area contributed by atoms with Gasteiger partial charge in [-0.3, -0.25) is 9.59 Å². The number of benzene rings is 3. The lowest BCUT2D eigenvalue weighted by Gasteiger charge is -2.10. The van der Waals surface area contributed by atoms with Gasteiger partial charge in [0.1, 0.15) is 0 Å². The van der Waals surface area contributed by atoms with Crippen molar-refractivity contribution in [2.75, 3.05) is 6.54 Å². The second-order valence-corrected chi connectivity index (χ2v) is 8.75. The largest absolute Gasteiger partial charge is 0.421 e. The topological polar surface area (TPSA) is 96.9 Å². The van der Waals surface area contributed by atoms with Crippen molar-refractivity contribution < 1.29 is 19.1 Å². The lowest BCUT2D eigenvalue weighted by Crippen LogP contribution is -2.34. The minimum Gasteiger partial charge on any atom is -0.421 e. The van der Waals surface area contributed by atoms with Crippen molar-refractivity contribution in [1.29, 1.82) is 0 Å². The summed E-state index contributed by atoms with van der Waals surface area (Å²) in [5.41, 5.74) is 3.52. The molecule has 0 aromatic heterocycles. The van der Waals surface area contributed by atoms with E-state index in [-0.39, 0.29) is 12.3 Å². The highest BCUT2D eigenvalue weighted by molar-refractivity contribution is 9.11. The van der Waals surface area contributed by atoms with Gasteiger partial charge in [-0.1, -0.05) is 45.7 Å². The predicted octanol–water partition coefficient (Wildman–Crippen LogP) is 4.96. The van der Waals surface area contributed by atoms with E-state index >= 15 is 0 Å². The third kappa shape index (κ3) is 7.24. The SMILES string of the molecule is O=C(CNC(=O)c1ccc(Cl)cc1)N/N=C/c1cc(Br)cc(Br)c1OC(=O)c1ccccc1. The van der Waals surface area contributed by atoms with Gasteiger partial charge in [-0.15, -0.1) is 0 Å². The summed E-state index contributed by atoms with van der Waals surface area (Å²) < 4.78 is 6.76. The summed E-state index contributed by atoms with van der Waals surface area (Å²) in [4.78, 5) is 36.6. The number of nitrogens with zero attached hydrogens (tertiary/aromatic N) is 1. The minimum absolute atomic E-state index is 0.237. The van der Waals surface area contributed by atoms with Crippen LogP contribution in [-0.2, 0) is 4.79 Å². The van der Waals surface area contributed by atoms with Crippen LogP contribution in [0.1, 0.15) is 26.3 Å². The van der Waals surface area contributed by atoms with Crippen molar-refractivity contribution in [3.05, 3.63) is 97.4 Å². The molecular weight excluding hydrogens is 578 g/mol. The van der Waals surface area contributed by atoms with E-state index in [0.29, 0.717) is 30.7 Å². The highest BCUT2D eigenvalue weighted by atomic mass is 79.9. The lowest BCUT2D eigenvalue weighted by atomic mass is 10.2. The molecule has 0 aliphatic heterocycles. The number of hydrogen-bond donors (Lipinski definition) is 2. The molecule has 0 bridgehead atoms. The van der Waals surface area contributed by atoms with Crippen LogP contribution in [0.5, 0.6) is 5.75 Å². The average molecular weight is 594 g/mol. The number of ether oxygens (including phenoxy) is 1. The quantitative estimate of drug-likeness (QED) is 0.175. The Hall–Kier alpha value is -3.01. The third-order valence-electron chi connectivity index (χ3n) is 4.15. The van der Waals surface area contributed by atoms with Crippen molar-refractivity contribution >= 4 is 67.5 Å². The van der Waals surface area contributed by atoms with Gasteiger partial charge in [0.15, 0.2) is 5.75 Å². The van der Waals surface area contributed by atoms with Crippen LogP contribution < -0.4 is 15.5 Å². The van der Waals surface area contributed by atoms with E-state index in [2.05, 4.69) is 47.7 Å². The summed E-state index contributed by atoms with van der Waals surface area (Å²) in [7, 11) is 0. The molecule has 2 N–H and O–H groups in total.